The molecule has 0 heterocycles. The van der Waals surface area contributed by atoms with Crippen LogP contribution < -0.4 is 19.1 Å². The van der Waals surface area contributed by atoms with Crippen LogP contribution in [0.2, 0.25) is 5.02 Å². The Labute approximate surface area is 209 Å². The molecule has 0 saturated heterocycles. The molecule has 0 fully saturated rings. The molecular formula is C23H24ClN3O6S2. The second kappa shape index (κ2) is 10.5. The van der Waals surface area contributed by atoms with Gasteiger partial charge in [0.05, 0.1) is 29.6 Å². The number of nitrogens with zero attached hydrogens (tertiary/aromatic N) is 1. The topological polar surface area (TPSA) is 122 Å². The number of nitrogens with one attached hydrogen (secondary N) is 2. The molecule has 35 heavy (non-hydrogen) atoms. The van der Waals surface area contributed by atoms with E-state index in [0.29, 0.717) is 27.7 Å². The first-order valence-electron chi connectivity index (χ1n) is 10.2. The van der Waals surface area contributed by atoms with Gasteiger partial charge < -0.3 is 10.1 Å². The Balaban J connectivity index is 1.75. The molecule has 3 rings (SSSR count). The average molecular weight is 538 g/mol. The fourth-order valence-electron chi connectivity index (χ4n) is 3.19. The third-order valence-corrected chi connectivity index (χ3v) is 7.92. The molecule has 186 valence electrons. The number of rotatable bonds is 9. The molecular weight excluding hydrogens is 514 g/mol. The molecule has 0 aromatic heterocycles. The first-order valence-corrected chi connectivity index (χ1v) is 13.9. The van der Waals surface area contributed by atoms with Crippen LogP contribution in [-0.4, -0.2) is 42.7 Å². The molecule has 0 saturated carbocycles. The van der Waals surface area contributed by atoms with Crippen molar-refractivity contribution in [1.29, 1.82) is 0 Å². The van der Waals surface area contributed by atoms with Crippen LogP contribution in [0.3, 0.4) is 0 Å². The van der Waals surface area contributed by atoms with E-state index in [0.717, 1.165) is 10.6 Å². The summed E-state index contributed by atoms with van der Waals surface area (Å²) in [5.41, 5.74) is 1.46. The highest BCUT2D eigenvalue weighted by atomic mass is 35.5. The predicted molar refractivity (Wildman–Crippen MR) is 137 cm³/mol. The molecule has 0 aliphatic carbocycles. The van der Waals surface area contributed by atoms with Gasteiger partial charge in [0.2, 0.25) is 15.9 Å². The van der Waals surface area contributed by atoms with Crippen LogP contribution in [0.1, 0.15) is 5.56 Å². The lowest BCUT2D eigenvalue weighted by atomic mass is 10.2. The molecule has 0 spiro atoms. The molecule has 2 N–H and O–H groups in total. The van der Waals surface area contributed by atoms with Crippen molar-refractivity contribution in [3.8, 4) is 5.75 Å². The minimum atomic E-state index is -3.90. The number of amides is 1. The summed E-state index contributed by atoms with van der Waals surface area (Å²) in [5, 5.41) is 3.01. The number of hydrogen-bond donors (Lipinski definition) is 2. The highest BCUT2D eigenvalue weighted by Gasteiger charge is 2.24. The first-order chi connectivity index (χ1) is 16.4. The molecule has 3 aromatic rings. The second-order valence-electron chi connectivity index (χ2n) is 7.53. The Morgan fingerprint density at radius 2 is 1.63 bits per heavy atom. The third-order valence-electron chi connectivity index (χ3n) is 5.00. The monoisotopic (exact) mass is 537 g/mol. The third kappa shape index (κ3) is 6.44. The highest BCUT2D eigenvalue weighted by molar-refractivity contribution is 7.92. The lowest BCUT2D eigenvalue weighted by molar-refractivity contribution is -0.114. The van der Waals surface area contributed by atoms with Crippen molar-refractivity contribution in [1.82, 2.24) is 0 Å². The molecule has 1 amide bonds. The minimum Gasteiger partial charge on any atom is -0.495 e. The van der Waals surface area contributed by atoms with Crippen LogP contribution in [-0.2, 0) is 24.8 Å². The van der Waals surface area contributed by atoms with E-state index in [1.165, 1.54) is 37.4 Å². The second-order valence-corrected chi connectivity index (χ2v) is 11.5. The molecule has 0 atom stereocenters. The van der Waals surface area contributed by atoms with Gasteiger partial charge in [-0.3, -0.25) is 13.8 Å². The molecule has 3 aromatic carbocycles. The zero-order valence-corrected chi connectivity index (χ0v) is 21.5. The molecule has 12 heteroatoms. The lowest BCUT2D eigenvalue weighted by Crippen LogP contribution is -2.37. The number of sulfonamides is 2. The fourth-order valence-corrected chi connectivity index (χ4v) is 5.34. The number of methoxy groups -OCH3 is 1. The number of hydrogen-bond acceptors (Lipinski definition) is 6. The van der Waals surface area contributed by atoms with Crippen LogP contribution in [0.25, 0.3) is 0 Å². The summed E-state index contributed by atoms with van der Waals surface area (Å²) in [7, 11) is -6.31. The van der Waals surface area contributed by atoms with Crippen molar-refractivity contribution in [2.24, 2.45) is 0 Å². The van der Waals surface area contributed by atoms with Crippen LogP contribution in [0.4, 0.5) is 17.1 Å². The molecule has 9 nitrogen and oxygen atoms in total. The van der Waals surface area contributed by atoms with E-state index >= 15 is 0 Å². The van der Waals surface area contributed by atoms with Gasteiger partial charge in [0.25, 0.3) is 10.0 Å². The van der Waals surface area contributed by atoms with Crippen molar-refractivity contribution in [3.63, 3.8) is 0 Å². The van der Waals surface area contributed by atoms with Crippen LogP contribution >= 0.6 is 11.6 Å². The van der Waals surface area contributed by atoms with E-state index in [2.05, 4.69) is 10.0 Å². The van der Waals surface area contributed by atoms with E-state index < -0.39 is 32.5 Å². The highest BCUT2D eigenvalue weighted by Crippen LogP contribution is 2.29. The Morgan fingerprint density at radius 1 is 0.971 bits per heavy atom. The van der Waals surface area contributed by atoms with Crippen LogP contribution in [0.5, 0.6) is 5.75 Å². The summed E-state index contributed by atoms with van der Waals surface area (Å²) >= 11 is 6.05. The van der Waals surface area contributed by atoms with Gasteiger partial charge >= 0.3 is 0 Å². The summed E-state index contributed by atoms with van der Waals surface area (Å²) in [6.45, 7) is 1.19. The number of carbonyl (C=O) groups is 1. The van der Waals surface area contributed by atoms with Crippen LogP contribution in [0.15, 0.2) is 71.6 Å². The first kappa shape index (κ1) is 26.3. The summed E-state index contributed by atoms with van der Waals surface area (Å²) in [5.74, 6) is -0.327. The molecule has 0 unspecified atom stereocenters. The van der Waals surface area contributed by atoms with Gasteiger partial charge in [-0.25, -0.2) is 16.8 Å². The Bertz CT molecular complexity index is 1440. The zero-order valence-electron chi connectivity index (χ0n) is 19.1. The SMILES string of the molecule is COc1ccccc1N(CC(=O)Nc1ccc(S(=O)(=O)Nc2cccc(Cl)c2C)cc1)S(C)(=O)=O. The zero-order chi connectivity index (χ0) is 25.8. The van der Waals surface area contributed by atoms with Gasteiger partial charge in [-0.2, -0.15) is 0 Å². The number of para-hydroxylation sites is 2. The van der Waals surface area contributed by atoms with Crippen LogP contribution in [0, 0.1) is 6.92 Å². The van der Waals surface area contributed by atoms with E-state index in [1.54, 1.807) is 43.3 Å². The number of ether oxygens (including phenoxy) is 1. The minimum absolute atomic E-state index is 0.0262. The maximum absolute atomic E-state index is 12.7. The predicted octanol–water partition coefficient (Wildman–Crippen LogP) is 3.86. The van der Waals surface area contributed by atoms with Crippen molar-refractivity contribution in [2.75, 3.05) is 34.3 Å². The van der Waals surface area contributed by atoms with Gasteiger partial charge in [0.1, 0.15) is 12.3 Å². The molecule has 0 radical (unpaired) electrons. The smallest absolute Gasteiger partial charge is 0.261 e. The summed E-state index contributed by atoms with van der Waals surface area (Å²) in [6, 6.07) is 16.8. The van der Waals surface area contributed by atoms with Gasteiger partial charge in [0, 0.05) is 10.7 Å². The number of anilines is 3. The van der Waals surface area contributed by atoms with Crippen molar-refractivity contribution in [3.05, 3.63) is 77.3 Å². The van der Waals surface area contributed by atoms with E-state index in [4.69, 9.17) is 16.3 Å². The van der Waals surface area contributed by atoms with Gasteiger partial charge in [-0.05, 0) is 61.0 Å². The average Bonchev–Trinajstić information content (AvgIpc) is 2.80. The fraction of sp³-hybridized carbons (Fsp3) is 0.174. The maximum Gasteiger partial charge on any atom is 0.261 e. The number of halogens is 1. The lowest BCUT2D eigenvalue weighted by Gasteiger charge is -2.23. The summed E-state index contributed by atoms with van der Waals surface area (Å²) in [4.78, 5) is 12.6. The Kier molecular flexibility index (Phi) is 7.93. The van der Waals surface area contributed by atoms with E-state index in [9.17, 15) is 21.6 Å². The quantitative estimate of drug-likeness (QED) is 0.427. The number of carbonyl (C=O) groups excluding carboxylic acids is 1. The standard InChI is InChI=1S/C23H24ClN3O6S2/c1-16-19(24)7-6-8-20(16)26-35(31,32)18-13-11-17(12-14-18)25-23(28)15-27(34(3,29)30)21-9-4-5-10-22(21)33-2/h4-14,26H,15H2,1-3H3,(H,25,28). The van der Waals surface area contributed by atoms with Gasteiger partial charge in [-0.15, -0.1) is 0 Å². The van der Waals surface area contributed by atoms with Gasteiger partial charge in [-0.1, -0.05) is 29.8 Å². The van der Waals surface area contributed by atoms with Gasteiger partial charge in [0.15, 0.2) is 0 Å². The summed E-state index contributed by atoms with van der Waals surface area (Å²) < 4.78 is 58.8. The van der Waals surface area contributed by atoms with E-state index in [-0.39, 0.29) is 10.6 Å². The largest absolute Gasteiger partial charge is 0.495 e. The van der Waals surface area contributed by atoms with E-state index in [1.807, 2.05) is 0 Å². The molecule has 0 aliphatic heterocycles. The Hall–Kier alpha value is -3.28. The van der Waals surface area contributed by atoms with Crippen molar-refractivity contribution in [2.45, 2.75) is 11.8 Å². The van der Waals surface area contributed by atoms with Crippen molar-refractivity contribution >= 4 is 54.6 Å². The van der Waals surface area contributed by atoms with Crippen molar-refractivity contribution < 1.29 is 26.4 Å². The molecule has 0 bridgehead atoms. The normalized spacial score (nSPS) is 11.5. The summed E-state index contributed by atoms with van der Waals surface area (Å²) in [6.07, 6.45) is 0.987. The Morgan fingerprint density at radius 3 is 2.26 bits per heavy atom. The maximum atomic E-state index is 12.7. The number of benzene rings is 3. The molecule has 0 aliphatic rings.